The Kier molecular flexibility index (Phi) is 5.80. The summed E-state index contributed by atoms with van der Waals surface area (Å²) in [6.45, 7) is 4.05. The molecule has 2 aromatic carbocycles. The lowest BCUT2D eigenvalue weighted by molar-refractivity contribution is -0.149. The van der Waals surface area contributed by atoms with Crippen LogP contribution in [0.1, 0.15) is 32.3 Å². The van der Waals surface area contributed by atoms with Gasteiger partial charge in [0, 0.05) is 24.2 Å². The summed E-state index contributed by atoms with van der Waals surface area (Å²) in [4.78, 5) is 22.1. The van der Waals surface area contributed by atoms with Gasteiger partial charge in [0.25, 0.3) is 5.91 Å². The number of aliphatic hydroxyl groups is 1. The van der Waals surface area contributed by atoms with Crippen molar-refractivity contribution in [2.24, 2.45) is 5.92 Å². The highest BCUT2D eigenvalue weighted by Gasteiger charge is 2.34. The number of hydrogen-bond donors (Lipinski definition) is 3. The number of imidazole rings is 1. The van der Waals surface area contributed by atoms with Gasteiger partial charge in [0.05, 0.1) is 11.0 Å². The van der Waals surface area contributed by atoms with Gasteiger partial charge in [0.2, 0.25) is 11.8 Å². The smallest absolute Gasteiger partial charge is 0.253 e. The van der Waals surface area contributed by atoms with Gasteiger partial charge in [0.15, 0.2) is 0 Å². The molecule has 0 saturated carbocycles. The molecule has 8 nitrogen and oxygen atoms in total. The molecular formula is C26H28FN5O3. The number of halogens is 1. The molecule has 3 N–H and O–H groups in total. The molecule has 1 aliphatic heterocycles. The molecule has 0 aliphatic carbocycles. The van der Waals surface area contributed by atoms with Gasteiger partial charge in [-0.1, -0.05) is 12.1 Å². The van der Waals surface area contributed by atoms with Gasteiger partial charge >= 0.3 is 0 Å². The normalized spacial score (nSPS) is 16.7. The number of nitrogens with one attached hydrogen (secondary N) is 1. The first-order chi connectivity index (χ1) is 16.7. The number of hydrogen-bond acceptors (Lipinski definition) is 5. The summed E-state index contributed by atoms with van der Waals surface area (Å²) in [5, 5.41) is 26.1. The van der Waals surface area contributed by atoms with Crippen molar-refractivity contribution in [3.05, 3.63) is 59.9 Å². The first-order valence-corrected chi connectivity index (χ1v) is 11.7. The van der Waals surface area contributed by atoms with Gasteiger partial charge in [-0.2, -0.15) is 9.78 Å². The fraction of sp³-hybridized carbons (Fsp3) is 0.346. The van der Waals surface area contributed by atoms with Gasteiger partial charge in [-0.25, -0.2) is 9.37 Å². The molecule has 1 aliphatic rings. The fourth-order valence-electron chi connectivity index (χ4n) is 4.75. The molecule has 0 bridgehead atoms. The number of carbonyl (C=O) groups is 1. The van der Waals surface area contributed by atoms with Crippen LogP contribution in [0.5, 0.6) is 5.88 Å². The number of para-hydroxylation sites is 2. The maximum Gasteiger partial charge on any atom is 0.253 e. The summed E-state index contributed by atoms with van der Waals surface area (Å²) in [7, 11) is 0. The number of rotatable bonds is 5. The van der Waals surface area contributed by atoms with E-state index in [-0.39, 0.29) is 23.5 Å². The lowest BCUT2D eigenvalue weighted by atomic mass is 9.89. The lowest BCUT2D eigenvalue weighted by Gasteiger charge is -2.36. The number of nitrogens with zero attached hydrogens (tertiary/aromatic N) is 4. The number of H-pyrrole nitrogens is 1. The third kappa shape index (κ3) is 4.51. The van der Waals surface area contributed by atoms with Crippen molar-refractivity contribution < 1.29 is 19.4 Å². The summed E-state index contributed by atoms with van der Waals surface area (Å²) in [5.74, 6) is -0.268. The van der Waals surface area contributed by atoms with Gasteiger partial charge in [-0.3, -0.25) is 4.79 Å². The molecule has 9 heteroatoms. The SMILES string of the molecule is CC(C)(O)C(=O)N1CCCC(Cc2c(-c3ccc(F)cc3)nn(-c3nc4ccccc4[nH]3)c2O)C1. The number of aromatic amines is 1. The van der Waals surface area contributed by atoms with Crippen LogP contribution in [0.15, 0.2) is 48.5 Å². The molecule has 0 radical (unpaired) electrons. The van der Waals surface area contributed by atoms with Crippen LogP contribution in [0.2, 0.25) is 0 Å². The average Bonchev–Trinajstić information content (AvgIpc) is 3.40. The van der Waals surface area contributed by atoms with Crippen LogP contribution in [0, 0.1) is 11.7 Å². The fourth-order valence-corrected chi connectivity index (χ4v) is 4.75. The predicted octanol–water partition coefficient (Wildman–Crippen LogP) is 3.81. The Balaban J connectivity index is 1.52. The third-order valence-electron chi connectivity index (χ3n) is 6.47. The zero-order chi connectivity index (χ0) is 24.7. The van der Waals surface area contributed by atoms with Crippen molar-refractivity contribution in [3.8, 4) is 23.1 Å². The Morgan fingerprint density at radius 1 is 1.20 bits per heavy atom. The quantitative estimate of drug-likeness (QED) is 0.405. The number of fused-ring (bicyclic) bond motifs is 1. The Hall–Kier alpha value is -3.72. The highest BCUT2D eigenvalue weighted by molar-refractivity contribution is 5.84. The summed E-state index contributed by atoms with van der Waals surface area (Å²) in [5.41, 5.74) is 1.95. The first-order valence-electron chi connectivity index (χ1n) is 11.7. The molecule has 2 aromatic heterocycles. The highest BCUT2D eigenvalue weighted by atomic mass is 19.1. The van der Waals surface area contributed by atoms with Crippen LogP contribution < -0.4 is 0 Å². The Morgan fingerprint density at radius 3 is 2.66 bits per heavy atom. The standard InChI is InChI=1S/C26H28FN5O3/c1-26(2,35)24(34)31-13-5-6-16(15-31)14-19-22(17-9-11-18(27)12-10-17)30-32(23(19)33)25-28-20-7-3-4-8-21(20)29-25/h3-4,7-12,16,33,35H,5-6,13-15H2,1-2H3,(H,28,29). The van der Waals surface area contributed by atoms with Crippen molar-refractivity contribution in [2.45, 2.75) is 38.7 Å². The Bertz CT molecular complexity index is 1340. The van der Waals surface area contributed by atoms with Gasteiger partial charge < -0.3 is 20.1 Å². The van der Waals surface area contributed by atoms with E-state index in [9.17, 15) is 19.4 Å². The molecule has 3 heterocycles. The van der Waals surface area contributed by atoms with Crippen molar-refractivity contribution in [1.29, 1.82) is 0 Å². The van der Waals surface area contributed by atoms with E-state index in [1.54, 1.807) is 17.0 Å². The molecule has 0 spiro atoms. The van der Waals surface area contributed by atoms with Crippen LogP contribution in [0.4, 0.5) is 4.39 Å². The van der Waals surface area contributed by atoms with Gasteiger partial charge in [0.1, 0.15) is 17.1 Å². The van der Waals surface area contributed by atoms with E-state index in [0.717, 1.165) is 23.9 Å². The number of likely N-dealkylation sites (tertiary alicyclic amines) is 1. The molecule has 5 rings (SSSR count). The lowest BCUT2D eigenvalue weighted by Crippen LogP contribution is -2.49. The van der Waals surface area contributed by atoms with Gasteiger partial charge in [-0.15, -0.1) is 0 Å². The molecule has 1 unspecified atom stereocenters. The van der Waals surface area contributed by atoms with E-state index >= 15 is 0 Å². The Labute approximate surface area is 202 Å². The monoisotopic (exact) mass is 477 g/mol. The number of piperidine rings is 1. The first kappa shape index (κ1) is 23.0. The van der Waals surface area contributed by atoms with Crippen molar-refractivity contribution >= 4 is 16.9 Å². The maximum absolute atomic E-state index is 13.6. The van der Waals surface area contributed by atoms with Crippen LogP contribution >= 0.6 is 0 Å². The number of aromatic hydroxyl groups is 1. The molecule has 1 atom stereocenters. The molecular weight excluding hydrogens is 449 g/mol. The van der Waals surface area contributed by atoms with Crippen LogP contribution in [-0.4, -0.2) is 59.5 Å². The largest absolute Gasteiger partial charge is 0.493 e. The van der Waals surface area contributed by atoms with E-state index in [4.69, 9.17) is 0 Å². The minimum Gasteiger partial charge on any atom is -0.493 e. The van der Waals surface area contributed by atoms with E-state index in [0.29, 0.717) is 42.3 Å². The van der Waals surface area contributed by atoms with Crippen molar-refractivity contribution in [1.82, 2.24) is 24.6 Å². The molecule has 4 aromatic rings. The van der Waals surface area contributed by atoms with Crippen LogP contribution in [-0.2, 0) is 11.2 Å². The minimum absolute atomic E-state index is 0.0469. The zero-order valence-electron chi connectivity index (χ0n) is 19.7. The Morgan fingerprint density at radius 2 is 1.94 bits per heavy atom. The summed E-state index contributed by atoms with van der Waals surface area (Å²) in [6, 6.07) is 13.5. The summed E-state index contributed by atoms with van der Waals surface area (Å²) < 4.78 is 15.0. The maximum atomic E-state index is 13.6. The minimum atomic E-state index is -1.44. The number of benzene rings is 2. The predicted molar refractivity (Wildman–Crippen MR) is 130 cm³/mol. The molecule has 1 fully saturated rings. The molecule has 182 valence electrons. The van der Waals surface area contributed by atoms with Crippen LogP contribution in [0.3, 0.4) is 0 Å². The van der Waals surface area contributed by atoms with E-state index in [1.165, 1.54) is 30.7 Å². The number of amides is 1. The third-order valence-corrected chi connectivity index (χ3v) is 6.47. The highest BCUT2D eigenvalue weighted by Crippen LogP contribution is 2.35. The van der Waals surface area contributed by atoms with Crippen LogP contribution in [0.25, 0.3) is 28.2 Å². The topological polar surface area (TPSA) is 107 Å². The van der Waals surface area contributed by atoms with Gasteiger partial charge in [-0.05, 0) is 75.4 Å². The van der Waals surface area contributed by atoms with Crippen molar-refractivity contribution in [2.75, 3.05) is 13.1 Å². The zero-order valence-corrected chi connectivity index (χ0v) is 19.7. The average molecular weight is 478 g/mol. The second-order valence-corrected chi connectivity index (χ2v) is 9.67. The summed E-state index contributed by atoms with van der Waals surface area (Å²) in [6.07, 6.45) is 2.14. The van der Waals surface area contributed by atoms with Crippen molar-refractivity contribution in [3.63, 3.8) is 0 Å². The van der Waals surface area contributed by atoms with E-state index < -0.39 is 5.60 Å². The number of aromatic nitrogens is 4. The second-order valence-electron chi connectivity index (χ2n) is 9.67. The molecule has 1 amide bonds. The summed E-state index contributed by atoms with van der Waals surface area (Å²) >= 11 is 0. The van der Waals surface area contributed by atoms with E-state index in [2.05, 4.69) is 15.1 Å². The molecule has 1 saturated heterocycles. The molecule has 35 heavy (non-hydrogen) atoms. The second kappa shape index (κ2) is 8.81. The van der Waals surface area contributed by atoms with E-state index in [1.807, 2.05) is 24.3 Å². The number of carbonyl (C=O) groups excluding carboxylic acids is 1.